The standard InChI is InChI=1S/C12H16N2O7S2/c1-3-10(23(19,20)21)11(13)12(15)8-5-4-7(22(16,17)18)6-9(8)14-2/h3-6,14-15H,13H2,1-2H3,(H,16,17,18)(H,19,20,21)/b10-3+,12-11-. The number of nitrogens with two attached hydrogens (primary N) is 1. The molecule has 0 heterocycles. The van der Waals surface area contributed by atoms with Crippen molar-refractivity contribution in [3.05, 3.63) is 40.4 Å². The summed E-state index contributed by atoms with van der Waals surface area (Å²) < 4.78 is 62.7. The summed E-state index contributed by atoms with van der Waals surface area (Å²) in [5.74, 6) is -0.693. The third-order valence-electron chi connectivity index (χ3n) is 2.87. The maximum atomic E-state index is 11.2. The van der Waals surface area contributed by atoms with Crippen LogP contribution in [0.25, 0.3) is 5.76 Å². The van der Waals surface area contributed by atoms with E-state index in [-0.39, 0.29) is 11.3 Å². The normalized spacial score (nSPS) is 14.3. The summed E-state index contributed by atoms with van der Waals surface area (Å²) in [6.45, 7) is 1.30. The molecule has 0 radical (unpaired) electrons. The maximum absolute atomic E-state index is 11.2. The molecule has 1 rings (SSSR count). The van der Waals surface area contributed by atoms with Crippen molar-refractivity contribution in [1.82, 2.24) is 0 Å². The second-order valence-corrected chi connectivity index (χ2v) is 7.13. The molecular formula is C12H16N2O7S2. The monoisotopic (exact) mass is 364 g/mol. The quantitative estimate of drug-likeness (QED) is 0.290. The topological polar surface area (TPSA) is 167 Å². The summed E-state index contributed by atoms with van der Waals surface area (Å²) in [5, 5.41) is 12.7. The van der Waals surface area contributed by atoms with E-state index in [1.807, 2.05) is 0 Å². The Morgan fingerprint density at radius 2 is 1.78 bits per heavy atom. The van der Waals surface area contributed by atoms with Gasteiger partial charge in [-0.2, -0.15) is 16.8 Å². The Labute approximate surface area is 133 Å². The first-order valence-electron chi connectivity index (χ1n) is 6.06. The van der Waals surface area contributed by atoms with Gasteiger partial charge in [0.25, 0.3) is 20.2 Å². The number of hydrogen-bond acceptors (Lipinski definition) is 7. The van der Waals surface area contributed by atoms with Gasteiger partial charge in [-0.05, 0) is 25.1 Å². The van der Waals surface area contributed by atoms with Crippen LogP contribution in [0.3, 0.4) is 0 Å². The van der Waals surface area contributed by atoms with Crippen molar-refractivity contribution in [2.24, 2.45) is 5.73 Å². The van der Waals surface area contributed by atoms with E-state index in [4.69, 9.17) is 14.8 Å². The molecule has 0 saturated carbocycles. The number of anilines is 1. The summed E-state index contributed by atoms with van der Waals surface area (Å²) in [6.07, 6.45) is 0.993. The molecule has 0 atom stereocenters. The van der Waals surface area contributed by atoms with Crippen molar-refractivity contribution in [2.45, 2.75) is 11.8 Å². The first-order valence-corrected chi connectivity index (χ1v) is 8.94. The van der Waals surface area contributed by atoms with E-state index < -0.39 is 41.5 Å². The van der Waals surface area contributed by atoms with Gasteiger partial charge >= 0.3 is 0 Å². The SMILES string of the molecule is C/C=C(\C(N)=C(\O)c1ccc(S(=O)(=O)O)cc1NC)S(=O)(=O)O. The van der Waals surface area contributed by atoms with E-state index in [1.165, 1.54) is 14.0 Å². The van der Waals surface area contributed by atoms with Crippen molar-refractivity contribution in [1.29, 1.82) is 0 Å². The van der Waals surface area contributed by atoms with Crippen molar-refractivity contribution >= 4 is 31.7 Å². The van der Waals surface area contributed by atoms with Gasteiger partial charge in [0, 0.05) is 18.3 Å². The van der Waals surface area contributed by atoms with Crippen LogP contribution in [-0.2, 0) is 20.2 Å². The number of hydrogen-bond donors (Lipinski definition) is 5. The molecule has 6 N–H and O–H groups in total. The van der Waals surface area contributed by atoms with Crippen LogP contribution >= 0.6 is 0 Å². The minimum absolute atomic E-state index is 0.0274. The summed E-state index contributed by atoms with van der Waals surface area (Å²) in [6, 6.07) is 3.14. The van der Waals surface area contributed by atoms with E-state index >= 15 is 0 Å². The fourth-order valence-corrected chi connectivity index (χ4v) is 2.98. The molecule has 0 aliphatic heterocycles. The Bertz CT molecular complexity index is 884. The van der Waals surface area contributed by atoms with E-state index in [0.29, 0.717) is 0 Å². The van der Waals surface area contributed by atoms with Gasteiger partial charge in [0.2, 0.25) is 0 Å². The molecule has 1 aromatic carbocycles. The summed E-state index contributed by atoms with van der Waals surface area (Å²) in [5.41, 5.74) is 4.98. The highest BCUT2D eigenvalue weighted by molar-refractivity contribution is 7.90. The minimum atomic E-state index is -4.66. The van der Waals surface area contributed by atoms with Crippen LogP contribution in [0.4, 0.5) is 5.69 Å². The molecule has 0 saturated heterocycles. The number of aliphatic hydroxyl groups excluding tert-OH is 1. The maximum Gasteiger partial charge on any atom is 0.296 e. The lowest BCUT2D eigenvalue weighted by Gasteiger charge is -2.13. The molecule has 0 spiro atoms. The Hall–Kier alpha value is -2.08. The highest BCUT2D eigenvalue weighted by Gasteiger charge is 2.22. The third-order valence-corrected chi connectivity index (χ3v) is 4.74. The molecule has 23 heavy (non-hydrogen) atoms. The van der Waals surface area contributed by atoms with Crippen LogP contribution in [0.15, 0.2) is 39.8 Å². The van der Waals surface area contributed by atoms with Crippen LogP contribution in [0.1, 0.15) is 12.5 Å². The van der Waals surface area contributed by atoms with Crippen LogP contribution in [0, 0.1) is 0 Å². The third kappa shape index (κ3) is 4.22. The largest absolute Gasteiger partial charge is 0.505 e. The summed E-state index contributed by atoms with van der Waals surface area (Å²) >= 11 is 0. The van der Waals surface area contributed by atoms with Gasteiger partial charge in [-0.25, -0.2) is 0 Å². The molecule has 128 valence electrons. The molecule has 0 fully saturated rings. The highest BCUT2D eigenvalue weighted by Crippen LogP contribution is 2.29. The lowest BCUT2D eigenvalue weighted by atomic mass is 10.1. The molecule has 11 heteroatoms. The number of allylic oxidation sites excluding steroid dienone is 1. The smallest absolute Gasteiger partial charge is 0.296 e. The zero-order valence-corrected chi connectivity index (χ0v) is 13.8. The molecule has 0 aliphatic rings. The number of rotatable bonds is 5. The van der Waals surface area contributed by atoms with E-state index in [2.05, 4.69) is 5.32 Å². The molecule has 0 amide bonds. The molecule has 0 aliphatic carbocycles. The van der Waals surface area contributed by atoms with Gasteiger partial charge in [0.05, 0.1) is 10.6 Å². The van der Waals surface area contributed by atoms with E-state index in [1.54, 1.807) is 0 Å². The number of aliphatic hydroxyl groups is 1. The Morgan fingerprint density at radius 1 is 1.22 bits per heavy atom. The van der Waals surface area contributed by atoms with Crippen LogP contribution in [0.5, 0.6) is 0 Å². The Balaban J connectivity index is 3.61. The highest BCUT2D eigenvalue weighted by atomic mass is 32.2. The fourth-order valence-electron chi connectivity index (χ4n) is 1.80. The molecule has 0 bridgehead atoms. The van der Waals surface area contributed by atoms with Crippen molar-refractivity contribution in [2.75, 3.05) is 12.4 Å². The predicted octanol–water partition coefficient (Wildman–Crippen LogP) is 0.952. The first kappa shape index (κ1) is 19.0. The second-order valence-electron chi connectivity index (χ2n) is 4.32. The lowest BCUT2D eigenvalue weighted by Crippen LogP contribution is -2.13. The molecule has 1 aromatic rings. The van der Waals surface area contributed by atoms with Gasteiger partial charge < -0.3 is 16.2 Å². The van der Waals surface area contributed by atoms with Gasteiger partial charge in [0.15, 0.2) is 0 Å². The lowest BCUT2D eigenvalue weighted by molar-refractivity contribution is 0.482. The van der Waals surface area contributed by atoms with Gasteiger partial charge in [-0.3, -0.25) is 9.11 Å². The Morgan fingerprint density at radius 3 is 2.17 bits per heavy atom. The predicted molar refractivity (Wildman–Crippen MR) is 84.8 cm³/mol. The average molecular weight is 364 g/mol. The average Bonchev–Trinajstić information content (AvgIpc) is 2.43. The zero-order chi connectivity index (χ0) is 18.0. The molecular weight excluding hydrogens is 348 g/mol. The van der Waals surface area contributed by atoms with Crippen LogP contribution < -0.4 is 11.1 Å². The molecule has 0 aromatic heterocycles. The van der Waals surface area contributed by atoms with E-state index in [0.717, 1.165) is 24.3 Å². The van der Waals surface area contributed by atoms with Gasteiger partial charge in [0.1, 0.15) is 10.7 Å². The second kappa shape index (κ2) is 6.58. The molecule has 9 nitrogen and oxygen atoms in total. The fraction of sp³-hybridized carbons (Fsp3) is 0.167. The molecule has 0 unspecified atom stereocenters. The van der Waals surface area contributed by atoms with Crippen LogP contribution in [-0.4, -0.2) is 38.1 Å². The summed E-state index contributed by atoms with van der Waals surface area (Å²) in [7, 11) is -7.70. The van der Waals surface area contributed by atoms with Crippen molar-refractivity contribution < 1.29 is 31.0 Å². The summed E-state index contributed by atoms with van der Waals surface area (Å²) in [4.78, 5) is -1.13. The van der Waals surface area contributed by atoms with Crippen molar-refractivity contribution in [3.8, 4) is 0 Å². The van der Waals surface area contributed by atoms with E-state index in [9.17, 15) is 21.9 Å². The zero-order valence-electron chi connectivity index (χ0n) is 12.2. The Kier molecular flexibility index (Phi) is 5.43. The first-order chi connectivity index (χ1) is 10.4. The number of nitrogens with one attached hydrogen (secondary N) is 1. The van der Waals surface area contributed by atoms with Gasteiger partial charge in [-0.15, -0.1) is 0 Å². The van der Waals surface area contributed by atoms with Gasteiger partial charge in [-0.1, -0.05) is 6.08 Å². The minimum Gasteiger partial charge on any atom is -0.505 e. The number of benzene rings is 1. The van der Waals surface area contributed by atoms with Crippen molar-refractivity contribution in [3.63, 3.8) is 0 Å². The van der Waals surface area contributed by atoms with Crippen LogP contribution in [0.2, 0.25) is 0 Å².